The Morgan fingerprint density at radius 3 is 2.68 bits per heavy atom. The van der Waals surface area contributed by atoms with Crippen LogP contribution in [0.5, 0.6) is 5.75 Å². The van der Waals surface area contributed by atoms with Gasteiger partial charge in [-0.25, -0.2) is 0 Å². The molecule has 1 aromatic rings. The molecule has 0 bridgehead atoms. The number of aliphatic hydroxyl groups excluding tert-OH is 1. The quantitative estimate of drug-likeness (QED) is 0.833. The first-order valence-electron chi connectivity index (χ1n) is 5.28. The molecule has 0 radical (unpaired) electrons. The predicted octanol–water partition coefficient (Wildman–Crippen LogP) is 2.77. The number of anilines is 1. The molecule has 0 spiro atoms. The Morgan fingerprint density at radius 2 is 2.11 bits per heavy atom. The van der Waals surface area contributed by atoms with E-state index in [-0.39, 0.29) is 24.6 Å². The van der Waals surface area contributed by atoms with Gasteiger partial charge in [0.1, 0.15) is 0 Å². The maximum Gasteiger partial charge on any atom is 0.573 e. The van der Waals surface area contributed by atoms with E-state index in [9.17, 15) is 18.3 Å². The minimum Gasteiger partial charge on any atom is -0.404 e. The van der Waals surface area contributed by atoms with Crippen LogP contribution >= 0.6 is 15.9 Å². The minimum atomic E-state index is -4.78. The second-order valence-electron chi connectivity index (χ2n) is 3.68. The molecular weight excluding hydrogens is 331 g/mol. The molecule has 108 valence electrons. The summed E-state index contributed by atoms with van der Waals surface area (Å²) >= 11 is 3.06. The fourth-order valence-electron chi connectivity index (χ4n) is 1.33. The van der Waals surface area contributed by atoms with Crippen molar-refractivity contribution in [3.63, 3.8) is 0 Å². The number of nitrogens with one attached hydrogen (secondary N) is 1. The van der Waals surface area contributed by atoms with Gasteiger partial charge in [-0.15, -0.1) is 13.2 Å². The molecule has 0 aliphatic heterocycles. The lowest BCUT2D eigenvalue weighted by Gasteiger charge is -2.16. The molecular formula is C11H13BrF3NO3. The minimum absolute atomic E-state index is 0.0453. The van der Waals surface area contributed by atoms with Gasteiger partial charge < -0.3 is 19.9 Å². The summed E-state index contributed by atoms with van der Waals surface area (Å²) in [7, 11) is 1.42. The summed E-state index contributed by atoms with van der Waals surface area (Å²) in [5, 5.41) is 12.1. The second kappa shape index (κ2) is 6.97. The summed E-state index contributed by atoms with van der Waals surface area (Å²) in [6.45, 7) is 0.128. The van der Waals surface area contributed by atoms with E-state index in [1.807, 2.05) is 0 Å². The van der Waals surface area contributed by atoms with Crippen molar-refractivity contribution in [3.05, 3.63) is 22.7 Å². The van der Waals surface area contributed by atoms with Crippen LogP contribution in [0.2, 0.25) is 0 Å². The van der Waals surface area contributed by atoms with E-state index in [0.717, 1.165) is 0 Å². The van der Waals surface area contributed by atoms with Crippen LogP contribution in [0.25, 0.3) is 0 Å². The summed E-state index contributed by atoms with van der Waals surface area (Å²) in [5.41, 5.74) is 0.135. The molecule has 1 rings (SSSR count). The maximum atomic E-state index is 12.2. The van der Waals surface area contributed by atoms with Crippen LogP contribution in [0.15, 0.2) is 22.7 Å². The average molecular weight is 344 g/mol. The Hall–Kier alpha value is -0.990. The third-order valence-corrected chi connectivity index (χ3v) is 2.55. The van der Waals surface area contributed by atoms with E-state index >= 15 is 0 Å². The van der Waals surface area contributed by atoms with Gasteiger partial charge in [0.2, 0.25) is 0 Å². The van der Waals surface area contributed by atoms with E-state index in [4.69, 9.17) is 4.74 Å². The molecule has 0 aliphatic carbocycles. The van der Waals surface area contributed by atoms with Crippen molar-refractivity contribution >= 4 is 21.6 Å². The first-order valence-corrected chi connectivity index (χ1v) is 6.07. The molecule has 1 atom stereocenters. The third-order valence-electron chi connectivity index (χ3n) is 2.06. The molecule has 8 heteroatoms. The summed E-state index contributed by atoms with van der Waals surface area (Å²) in [6.07, 6.45) is -5.60. The van der Waals surface area contributed by atoms with Gasteiger partial charge in [-0.05, 0) is 18.2 Å². The van der Waals surface area contributed by atoms with Gasteiger partial charge in [0, 0.05) is 18.1 Å². The number of ether oxygens (including phenoxy) is 2. The lowest BCUT2D eigenvalue weighted by Crippen LogP contribution is -2.25. The van der Waals surface area contributed by atoms with Crippen LogP contribution in [-0.4, -0.2) is 37.8 Å². The van der Waals surface area contributed by atoms with E-state index in [1.54, 1.807) is 6.07 Å². The summed E-state index contributed by atoms with van der Waals surface area (Å²) in [5.74, 6) is -0.369. The zero-order chi connectivity index (χ0) is 14.5. The van der Waals surface area contributed by atoms with Crippen LogP contribution in [-0.2, 0) is 4.74 Å². The van der Waals surface area contributed by atoms with E-state index in [0.29, 0.717) is 4.47 Å². The Labute approximate surface area is 116 Å². The highest BCUT2D eigenvalue weighted by Crippen LogP contribution is 2.32. The largest absolute Gasteiger partial charge is 0.573 e. The van der Waals surface area contributed by atoms with Gasteiger partial charge in [-0.3, -0.25) is 0 Å². The van der Waals surface area contributed by atoms with Gasteiger partial charge in [0.05, 0.1) is 18.4 Å². The Kier molecular flexibility index (Phi) is 5.89. The number of alkyl halides is 3. The van der Waals surface area contributed by atoms with Crippen LogP contribution in [0.3, 0.4) is 0 Å². The van der Waals surface area contributed by atoms with Gasteiger partial charge in [-0.1, -0.05) is 15.9 Å². The molecule has 0 heterocycles. The smallest absolute Gasteiger partial charge is 0.404 e. The van der Waals surface area contributed by atoms with Gasteiger partial charge >= 0.3 is 6.36 Å². The first kappa shape index (κ1) is 16.1. The fourth-order valence-corrected chi connectivity index (χ4v) is 1.67. The van der Waals surface area contributed by atoms with Gasteiger partial charge in [0.15, 0.2) is 5.75 Å². The van der Waals surface area contributed by atoms with Gasteiger partial charge in [-0.2, -0.15) is 0 Å². The molecule has 1 unspecified atom stereocenters. The first-order chi connectivity index (χ1) is 8.81. The molecule has 4 nitrogen and oxygen atoms in total. The number of rotatable bonds is 6. The molecule has 0 aliphatic rings. The number of hydrogen-bond acceptors (Lipinski definition) is 4. The second-order valence-corrected chi connectivity index (χ2v) is 4.59. The molecule has 1 aromatic carbocycles. The maximum absolute atomic E-state index is 12.2. The Bertz CT molecular complexity index is 415. The third kappa shape index (κ3) is 6.13. The lowest BCUT2D eigenvalue weighted by atomic mass is 10.2. The van der Waals surface area contributed by atoms with Crippen molar-refractivity contribution in [2.75, 3.05) is 25.6 Å². The van der Waals surface area contributed by atoms with E-state index in [1.165, 1.54) is 19.2 Å². The highest BCUT2D eigenvalue weighted by atomic mass is 79.9. The van der Waals surface area contributed by atoms with Crippen molar-refractivity contribution in [3.8, 4) is 5.75 Å². The van der Waals surface area contributed by atoms with Crippen molar-refractivity contribution in [2.24, 2.45) is 0 Å². The Balaban J connectivity index is 2.76. The molecule has 0 amide bonds. The summed E-state index contributed by atoms with van der Waals surface area (Å²) in [6, 6.07) is 4.18. The molecule has 19 heavy (non-hydrogen) atoms. The molecule has 0 aromatic heterocycles. The zero-order valence-electron chi connectivity index (χ0n) is 10.00. The topological polar surface area (TPSA) is 50.7 Å². The number of methoxy groups -OCH3 is 1. The van der Waals surface area contributed by atoms with Crippen LogP contribution in [0.1, 0.15) is 0 Å². The van der Waals surface area contributed by atoms with Crippen molar-refractivity contribution < 1.29 is 27.8 Å². The molecule has 0 fully saturated rings. The standard InChI is InChI=1S/C11H13BrF3NO3/c1-18-6-8(17)5-16-9-3-2-7(12)4-10(9)19-11(13,14)15/h2-4,8,16-17H,5-6H2,1H3. The summed E-state index contributed by atoms with van der Waals surface area (Å²) < 4.78 is 45.8. The molecule has 0 saturated heterocycles. The average Bonchev–Trinajstić information content (AvgIpc) is 2.26. The number of benzene rings is 1. The van der Waals surface area contributed by atoms with E-state index in [2.05, 4.69) is 26.0 Å². The zero-order valence-corrected chi connectivity index (χ0v) is 11.6. The van der Waals surface area contributed by atoms with Crippen molar-refractivity contribution in [1.82, 2.24) is 0 Å². The van der Waals surface area contributed by atoms with E-state index < -0.39 is 12.5 Å². The van der Waals surface area contributed by atoms with Crippen LogP contribution in [0.4, 0.5) is 18.9 Å². The Morgan fingerprint density at radius 1 is 1.42 bits per heavy atom. The monoisotopic (exact) mass is 343 g/mol. The SMILES string of the molecule is COCC(O)CNc1ccc(Br)cc1OC(F)(F)F. The fraction of sp³-hybridized carbons (Fsp3) is 0.455. The van der Waals surface area contributed by atoms with Crippen LogP contribution < -0.4 is 10.1 Å². The van der Waals surface area contributed by atoms with Gasteiger partial charge in [0.25, 0.3) is 0 Å². The predicted molar refractivity (Wildman–Crippen MR) is 67.2 cm³/mol. The lowest BCUT2D eigenvalue weighted by molar-refractivity contribution is -0.274. The summed E-state index contributed by atoms with van der Waals surface area (Å²) in [4.78, 5) is 0. The number of halogens is 4. The van der Waals surface area contributed by atoms with Crippen molar-refractivity contribution in [2.45, 2.75) is 12.5 Å². The van der Waals surface area contributed by atoms with Crippen molar-refractivity contribution in [1.29, 1.82) is 0 Å². The highest BCUT2D eigenvalue weighted by Gasteiger charge is 2.32. The highest BCUT2D eigenvalue weighted by molar-refractivity contribution is 9.10. The van der Waals surface area contributed by atoms with Crippen LogP contribution in [0, 0.1) is 0 Å². The number of hydrogen-bond donors (Lipinski definition) is 2. The number of aliphatic hydroxyl groups is 1. The normalized spacial score (nSPS) is 13.2. The molecule has 2 N–H and O–H groups in total. The molecule has 0 saturated carbocycles.